The molecule has 3 heteroatoms. The fourth-order valence-electron chi connectivity index (χ4n) is 1.96. The van der Waals surface area contributed by atoms with Crippen molar-refractivity contribution in [2.24, 2.45) is 0 Å². The lowest BCUT2D eigenvalue weighted by Crippen LogP contribution is -2.52. The van der Waals surface area contributed by atoms with Gasteiger partial charge in [-0.05, 0) is 34.1 Å². The summed E-state index contributed by atoms with van der Waals surface area (Å²) in [6.07, 6.45) is 1.14. The third-order valence-corrected chi connectivity index (χ3v) is 2.66. The summed E-state index contributed by atoms with van der Waals surface area (Å²) >= 11 is 0. The van der Waals surface area contributed by atoms with Crippen molar-refractivity contribution in [2.75, 3.05) is 26.3 Å². The fraction of sp³-hybridized carbons (Fsp3) is 1.00. The summed E-state index contributed by atoms with van der Waals surface area (Å²) in [5.74, 6) is 0. The second kappa shape index (κ2) is 5.69. The molecule has 0 saturated carbocycles. The molecule has 84 valence electrons. The number of ether oxygens (including phenoxy) is 1. The van der Waals surface area contributed by atoms with Crippen LogP contribution in [-0.2, 0) is 4.74 Å². The van der Waals surface area contributed by atoms with Gasteiger partial charge in [-0.3, -0.25) is 0 Å². The second-order valence-corrected chi connectivity index (χ2v) is 4.48. The lowest BCUT2D eigenvalue weighted by Gasteiger charge is -2.41. The third kappa shape index (κ3) is 3.23. The standard InChI is InChI=1S/C11H24N2O/c1-10(2)12-6-5-8-14-9-7-13(12)11(3)4/h10-11H,5-9H2,1-4H3. The van der Waals surface area contributed by atoms with Gasteiger partial charge in [0.2, 0.25) is 0 Å². The maximum absolute atomic E-state index is 5.51. The Morgan fingerprint density at radius 3 is 2.00 bits per heavy atom. The Hall–Kier alpha value is -0.120. The van der Waals surface area contributed by atoms with Crippen LogP contribution in [0.3, 0.4) is 0 Å². The molecule has 1 aliphatic heterocycles. The Bertz CT molecular complexity index is 141. The molecule has 0 aromatic heterocycles. The highest BCUT2D eigenvalue weighted by atomic mass is 16.5. The summed E-state index contributed by atoms with van der Waals surface area (Å²) in [6.45, 7) is 12.9. The van der Waals surface area contributed by atoms with Crippen molar-refractivity contribution in [3.8, 4) is 0 Å². The van der Waals surface area contributed by atoms with Crippen LogP contribution in [0.5, 0.6) is 0 Å². The van der Waals surface area contributed by atoms with Crippen LogP contribution in [0.4, 0.5) is 0 Å². The molecule has 0 amide bonds. The van der Waals surface area contributed by atoms with Crippen molar-refractivity contribution in [3.05, 3.63) is 0 Å². The van der Waals surface area contributed by atoms with E-state index in [0.29, 0.717) is 12.1 Å². The predicted molar refractivity (Wildman–Crippen MR) is 59.1 cm³/mol. The Kier molecular flexibility index (Phi) is 4.85. The van der Waals surface area contributed by atoms with E-state index in [9.17, 15) is 0 Å². The summed E-state index contributed by atoms with van der Waals surface area (Å²) in [5, 5.41) is 4.91. The lowest BCUT2D eigenvalue weighted by molar-refractivity contribution is -0.104. The van der Waals surface area contributed by atoms with E-state index in [1.54, 1.807) is 0 Å². The van der Waals surface area contributed by atoms with E-state index in [1.807, 2.05) is 0 Å². The molecule has 0 N–H and O–H groups in total. The van der Waals surface area contributed by atoms with Gasteiger partial charge in [0.15, 0.2) is 0 Å². The van der Waals surface area contributed by atoms with E-state index in [2.05, 4.69) is 37.7 Å². The molecule has 0 aliphatic carbocycles. The van der Waals surface area contributed by atoms with Gasteiger partial charge in [-0.15, -0.1) is 0 Å². The molecule has 0 bridgehead atoms. The molecule has 1 fully saturated rings. The number of nitrogens with zero attached hydrogens (tertiary/aromatic N) is 2. The Morgan fingerprint density at radius 2 is 1.43 bits per heavy atom. The number of hydrogen-bond acceptors (Lipinski definition) is 3. The number of rotatable bonds is 2. The molecule has 14 heavy (non-hydrogen) atoms. The molecule has 1 aliphatic rings. The minimum absolute atomic E-state index is 0.569. The smallest absolute Gasteiger partial charge is 0.0607 e. The van der Waals surface area contributed by atoms with Crippen molar-refractivity contribution < 1.29 is 4.74 Å². The maximum Gasteiger partial charge on any atom is 0.0607 e. The molecule has 0 radical (unpaired) electrons. The van der Waals surface area contributed by atoms with Gasteiger partial charge in [0.25, 0.3) is 0 Å². The summed E-state index contributed by atoms with van der Waals surface area (Å²) in [5.41, 5.74) is 0. The van der Waals surface area contributed by atoms with Gasteiger partial charge in [0.1, 0.15) is 0 Å². The van der Waals surface area contributed by atoms with Crippen LogP contribution in [0.15, 0.2) is 0 Å². The van der Waals surface area contributed by atoms with E-state index in [1.165, 1.54) is 0 Å². The van der Waals surface area contributed by atoms with E-state index in [4.69, 9.17) is 4.74 Å². The monoisotopic (exact) mass is 200 g/mol. The van der Waals surface area contributed by atoms with Crippen LogP contribution in [0, 0.1) is 0 Å². The largest absolute Gasteiger partial charge is 0.380 e. The van der Waals surface area contributed by atoms with Crippen LogP contribution < -0.4 is 0 Å². The van der Waals surface area contributed by atoms with Crippen LogP contribution in [-0.4, -0.2) is 48.4 Å². The first-order valence-corrected chi connectivity index (χ1v) is 5.74. The molecule has 1 rings (SSSR count). The summed E-state index contributed by atoms with van der Waals surface area (Å²) < 4.78 is 5.51. The summed E-state index contributed by atoms with van der Waals surface area (Å²) in [7, 11) is 0. The third-order valence-electron chi connectivity index (χ3n) is 2.66. The van der Waals surface area contributed by atoms with Gasteiger partial charge in [-0.1, -0.05) is 0 Å². The van der Waals surface area contributed by atoms with Crippen LogP contribution in [0.2, 0.25) is 0 Å². The second-order valence-electron chi connectivity index (χ2n) is 4.48. The molecule has 3 nitrogen and oxygen atoms in total. The molecule has 0 aromatic rings. The zero-order valence-corrected chi connectivity index (χ0v) is 9.99. The van der Waals surface area contributed by atoms with Crippen LogP contribution >= 0.6 is 0 Å². The molecule has 0 spiro atoms. The first kappa shape index (κ1) is 12.0. The van der Waals surface area contributed by atoms with Crippen molar-refractivity contribution >= 4 is 0 Å². The Morgan fingerprint density at radius 1 is 0.857 bits per heavy atom. The van der Waals surface area contributed by atoms with Gasteiger partial charge >= 0.3 is 0 Å². The number of hydrogen-bond donors (Lipinski definition) is 0. The van der Waals surface area contributed by atoms with Gasteiger partial charge in [-0.25, -0.2) is 10.0 Å². The molecule has 0 aromatic carbocycles. The summed E-state index contributed by atoms with van der Waals surface area (Å²) in [6, 6.07) is 1.16. The average molecular weight is 200 g/mol. The minimum atomic E-state index is 0.569. The first-order chi connectivity index (χ1) is 6.63. The highest BCUT2D eigenvalue weighted by Crippen LogP contribution is 2.11. The molecule has 1 heterocycles. The topological polar surface area (TPSA) is 15.7 Å². The quantitative estimate of drug-likeness (QED) is 0.675. The van der Waals surface area contributed by atoms with E-state index >= 15 is 0 Å². The highest BCUT2D eigenvalue weighted by molar-refractivity contribution is 4.67. The first-order valence-electron chi connectivity index (χ1n) is 5.74. The van der Waals surface area contributed by atoms with E-state index in [0.717, 1.165) is 32.7 Å². The lowest BCUT2D eigenvalue weighted by atomic mass is 10.3. The van der Waals surface area contributed by atoms with Crippen molar-refractivity contribution in [1.29, 1.82) is 0 Å². The fourth-order valence-corrected chi connectivity index (χ4v) is 1.96. The van der Waals surface area contributed by atoms with Gasteiger partial charge in [0.05, 0.1) is 6.61 Å². The van der Waals surface area contributed by atoms with Crippen LogP contribution in [0.1, 0.15) is 34.1 Å². The van der Waals surface area contributed by atoms with E-state index < -0.39 is 0 Å². The molecule has 0 unspecified atom stereocenters. The van der Waals surface area contributed by atoms with Crippen molar-refractivity contribution in [3.63, 3.8) is 0 Å². The molecule has 1 saturated heterocycles. The van der Waals surface area contributed by atoms with Crippen LogP contribution in [0.25, 0.3) is 0 Å². The average Bonchev–Trinajstić information content (AvgIpc) is 2.01. The zero-order chi connectivity index (χ0) is 10.6. The Labute approximate surface area is 88.0 Å². The summed E-state index contributed by atoms with van der Waals surface area (Å²) in [4.78, 5) is 0. The van der Waals surface area contributed by atoms with E-state index in [-0.39, 0.29) is 0 Å². The van der Waals surface area contributed by atoms with Gasteiger partial charge < -0.3 is 4.74 Å². The Balaban J connectivity index is 2.60. The maximum atomic E-state index is 5.51. The van der Waals surface area contributed by atoms with Gasteiger partial charge in [0, 0.05) is 31.8 Å². The zero-order valence-electron chi connectivity index (χ0n) is 9.99. The molecular weight excluding hydrogens is 176 g/mol. The van der Waals surface area contributed by atoms with Crippen molar-refractivity contribution in [2.45, 2.75) is 46.2 Å². The normalized spacial score (nSPS) is 22.7. The predicted octanol–water partition coefficient (Wildman–Crippen LogP) is 1.74. The highest BCUT2D eigenvalue weighted by Gasteiger charge is 2.21. The van der Waals surface area contributed by atoms with Crippen molar-refractivity contribution in [1.82, 2.24) is 10.0 Å². The minimum Gasteiger partial charge on any atom is -0.380 e. The molecular formula is C11H24N2O. The number of hydrazine groups is 1. The molecule has 0 atom stereocenters. The SMILES string of the molecule is CC(C)N1CCCOCCN1C(C)C. The van der Waals surface area contributed by atoms with Gasteiger partial charge in [-0.2, -0.15) is 0 Å².